The molecule has 3 heteroatoms. The highest BCUT2D eigenvalue weighted by atomic mass is 16.5. The van der Waals surface area contributed by atoms with Gasteiger partial charge in [0.2, 0.25) is 5.91 Å². The number of hydrogen-bond donors (Lipinski definition) is 1. The van der Waals surface area contributed by atoms with Crippen LogP contribution in [0.25, 0.3) is 10.8 Å². The molecule has 3 aromatic carbocycles. The number of ether oxygens (including phenoxy) is 1. The van der Waals surface area contributed by atoms with Crippen LogP contribution in [0, 0.1) is 5.92 Å². The zero-order chi connectivity index (χ0) is 20.1. The third-order valence-corrected chi connectivity index (χ3v) is 4.95. The van der Waals surface area contributed by atoms with E-state index in [1.165, 1.54) is 5.56 Å². The maximum Gasteiger partial charge on any atom is 0.225 e. The van der Waals surface area contributed by atoms with Gasteiger partial charge >= 0.3 is 0 Å². The van der Waals surface area contributed by atoms with Crippen LogP contribution in [0.2, 0.25) is 0 Å². The Hall–Kier alpha value is -2.81. The molecule has 0 bridgehead atoms. The summed E-state index contributed by atoms with van der Waals surface area (Å²) in [7, 11) is 0. The summed E-state index contributed by atoms with van der Waals surface area (Å²) in [6.45, 7) is 8.35. The van der Waals surface area contributed by atoms with E-state index in [1.54, 1.807) is 0 Å². The predicted molar refractivity (Wildman–Crippen MR) is 117 cm³/mol. The zero-order valence-electron chi connectivity index (χ0n) is 17.1. The second kappa shape index (κ2) is 8.92. The Morgan fingerprint density at radius 2 is 1.57 bits per heavy atom. The molecule has 0 heterocycles. The monoisotopic (exact) mass is 375 g/mol. The minimum absolute atomic E-state index is 0.0394. The molecule has 0 aliphatic carbocycles. The topological polar surface area (TPSA) is 38.3 Å². The standard InChI is InChI=1S/C25H29NO2/c1-17(2)23(20-12-14-21(15-13-20)28-18(3)4)16-25(27)26-24-11-7-9-19-8-5-6-10-22(19)24/h5-15,17-18,23H,16H2,1-4H3,(H,26,27). The molecule has 3 rings (SSSR count). The van der Waals surface area contributed by atoms with E-state index in [-0.39, 0.29) is 17.9 Å². The van der Waals surface area contributed by atoms with Crippen LogP contribution in [-0.4, -0.2) is 12.0 Å². The minimum atomic E-state index is 0.0394. The van der Waals surface area contributed by atoms with Crippen LogP contribution in [0.3, 0.4) is 0 Å². The average molecular weight is 376 g/mol. The first-order chi connectivity index (χ1) is 13.4. The van der Waals surface area contributed by atoms with Crippen molar-refractivity contribution in [2.75, 3.05) is 5.32 Å². The molecule has 0 fully saturated rings. The third kappa shape index (κ3) is 4.92. The van der Waals surface area contributed by atoms with Gasteiger partial charge < -0.3 is 10.1 Å². The highest BCUT2D eigenvalue weighted by Crippen LogP contribution is 2.31. The van der Waals surface area contributed by atoms with Gasteiger partial charge in [0.05, 0.1) is 6.10 Å². The molecule has 1 N–H and O–H groups in total. The van der Waals surface area contributed by atoms with Crippen LogP contribution in [0.1, 0.15) is 45.6 Å². The number of benzene rings is 3. The number of carbonyl (C=O) groups excluding carboxylic acids is 1. The smallest absolute Gasteiger partial charge is 0.225 e. The highest BCUT2D eigenvalue weighted by Gasteiger charge is 2.20. The normalized spacial score (nSPS) is 12.4. The lowest BCUT2D eigenvalue weighted by molar-refractivity contribution is -0.116. The van der Waals surface area contributed by atoms with Crippen LogP contribution in [0.5, 0.6) is 5.75 Å². The quantitative estimate of drug-likeness (QED) is 0.519. The number of amides is 1. The number of carbonyl (C=O) groups is 1. The number of nitrogens with one attached hydrogen (secondary N) is 1. The molecule has 1 atom stereocenters. The maximum atomic E-state index is 12.8. The number of anilines is 1. The summed E-state index contributed by atoms with van der Waals surface area (Å²) in [5.41, 5.74) is 2.03. The van der Waals surface area contributed by atoms with E-state index in [1.807, 2.05) is 56.3 Å². The molecule has 1 unspecified atom stereocenters. The molecule has 0 aliphatic heterocycles. The van der Waals surface area contributed by atoms with Gasteiger partial charge in [-0.3, -0.25) is 4.79 Å². The lowest BCUT2D eigenvalue weighted by Crippen LogP contribution is -2.19. The molecule has 0 aliphatic rings. The third-order valence-electron chi connectivity index (χ3n) is 4.95. The zero-order valence-corrected chi connectivity index (χ0v) is 17.1. The Kier molecular flexibility index (Phi) is 6.35. The first-order valence-electron chi connectivity index (χ1n) is 9.98. The highest BCUT2D eigenvalue weighted by molar-refractivity contribution is 6.02. The van der Waals surface area contributed by atoms with E-state index in [9.17, 15) is 4.79 Å². The lowest BCUT2D eigenvalue weighted by atomic mass is 9.85. The van der Waals surface area contributed by atoms with Crippen molar-refractivity contribution in [3.05, 3.63) is 72.3 Å². The van der Waals surface area contributed by atoms with Crippen molar-refractivity contribution in [2.24, 2.45) is 5.92 Å². The fraction of sp³-hybridized carbons (Fsp3) is 0.320. The molecule has 28 heavy (non-hydrogen) atoms. The van der Waals surface area contributed by atoms with E-state index in [0.717, 1.165) is 22.2 Å². The molecule has 3 aromatic rings. The molecule has 0 radical (unpaired) electrons. The van der Waals surface area contributed by atoms with E-state index in [0.29, 0.717) is 12.3 Å². The molecule has 3 nitrogen and oxygen atoms in total. The number of rotatable bonds is 7. The first kappa shape index (κ1) is 19.9. The van der Waals surface area contributed by atoms with E-state index < -0.39 is 0 Å². The van der Waals surface area contributed by atoms with Crippen molar-refractivity contribution in [1.82, 2.24) is 0 Å². The largest absolute Gasteiger partial charge is 0.491 e. The molecule has 1 amide bonds. The van der Waals surface area contributed by atoms with Gasteiger partial charge in [-0.1, -0.05) is 62.4 Å². The summed E-state index contributed by atoms with van der Waals surface area (Å²) in [5, 5.41) is 5.30. The van der Waals surface area contributed by atoms with Crippen molar-refractivity contribution in [1.29, 1.82) is 0 Å². The van der Waals surface area contributed by atoms with Gasteiger partial charge in [0, 0.05) is 17.5 Å². The SMILES string of the molecule is CC(C)Oc1ccc(C(CC(=O)Nc2cccc3ccccc23)C(C)C)cc1. The summed E-state index contributed by atoms with van der Waals surface area (Å²) < 4.78 is 5.73. The van der Waals surface area contributed by atoms with Gasteiger partial charge in [0.25, 0.3) is 0 Å². The molecule has 0 saturated heterocycles. The molecular weight excluding hydrogens is 346 g/mol. The van der Waals surface area contributed by atoms with Crippen LogP contribution in [-0.2, 0) is 4.79 Å². The maximum absolute atomic E-state index is 12.8. The van der Waals surface area contributed by atoms with Gasteiger partial charge in [0.1, 0.15) is 5.75 Å². The van der Waals surface area contributed by atoms with Crippen LogP contribution in [0.15, 0.2) is 66.7 Å². The van der Waals surface area contributed by atoms with Gasteiger partial charge in [-0.25, -0.2) is 0 Å². The summed E-state index contributed by atoms with van der Waals surface area (Å²) in [6, 6.07) is 22.2. The van der Waals surface area contributed by atoms with Crippen molar-refractivity contribution in [3.8, 4) is 5.75 Å². The van der Waals surface area contributed by atoms with Crippen LogP contribution in [0.4, 0.5) is 5.69 Å². The summed E-state index contributed by atoms with van der Waals surface area (Å²) in [5.74, 6) is 1.41. The van der Waals surface area contributed by atoms with Gasteiger partial charge in [0.15, 0.2) is 0 Å². The molecular formula is C25H29NO2. The molecule has 0 aromatic heterocycles. The van der Waals surface area contributed by atoms with Gasteiger partial charge in [-0.2, -0.15) is 0 Å². The second-order valence-electron chi connectivity index (χ2n) is 7.87. The Morgan fingerprint density at radius 1 is 0.893 bits per heavy atom. The lowest BCUT2D eigenvalue weighted by Gasteiger charge is -2.22. The number of hydrogen-bond acceptors (Lipinski definition) is 2. The number of fused-ring (bicyclic) bond motifs is 1. The van der Waals surface area contributed by atoms with Crippen molar-refractivity contribution in [3.63, 3.8) is 0 Å². The second-order valence-corrected chi connectivity index (χ2v) is 7.87. The van der Waals surface area contributed by atoms with E-state index in [4.69, 9.17) is 4.74 Å². The van der Waals surface area contributed by atoms with Gasteiger partial charge in [-0.15, -0.1) is 0 Å². The fourth-order valence-electron chi connectivity index (χ4n) is 3.54. The van der Waals surface area contributed by atoms with Crippen molar-refractivity contribution < 1.29 is 9.53 Å². The summed E-state index contributed by atoms with van der Waals surface area (Å²) in [6.07, 6.45) is 0.601. The average Bonchev–Trinajstić information content (AvgIpc) is 2.66. The summed E-state index contributed by atoms with van der Waals surface area (Å²) in [4.78, 5) is 12.8. The Balaban J connectivity index is 1.74. The molecule has 0 spiro atoms. The Bertz CT molecular complexity index is 923. The van der Waals surface area contributed by atoms with Crippen molar-refractivity contribution >= 4 is 22.4 Å². The molecule has 146 valence electrons. The van der Waals surface area contributed by atoms with E-state index in [2.05, 4.69) is 43.4 Å². The fourth-order valence-corrected chi connectivity index (χ4v) is 3.54. The predicted octanol–water partition coefficient (Wildman–Crippen LogP) is 6.40. The first-order valence-corrected chi connectivity index (χ1v) is 9.98. The van der Waals surface area contributed by atoms with Gasteiger partial charge in [-0.05, 0) is 54.8 Å². The summed E-state index contributed by atoms with van der Waals surface area (Å²) >= 11 is 0. The minimum Gasteiger partial charge on any atom is -0.491 e. The van der Waals surface area contributed by atoms with Crippen LogP contribution < -0.4 is 10.1 Å². The Morgan fingerprint density at radius 3 is 2.25 bits per heavy atom. The molecule has 0 saturated carbocycles. The Labute approximate surface area is 167 Å². The van der Waals surface area contributed by atoms with E-state index >= 15 is 0 Å². The van der Waals surface area contributed by atoms with Crippen LogP contribution >= 0.6 is 0 Å². The van der Waals surface area contributed by atoms with Crippen molar-refractivity contribution in [2.45, 2.75) is 46.1 Å².